The molecule has 0 aliphatic carbocycles. The fourth-order valence-corrected chi connectivity index (χ4v) is 3.21. The second kappa shape index (κ2) is 9.36. The normalized spacial score (nSPS) is 10.8. The zero-order valence-electron chi connectivity index (χ0n) is 17.2. The van der Waals surface area contributed by atoms with Gasteiger partial charge in [-0.25, -0.2) is 4.98 Å². The van der Waals surface area contributed by atoms with Gasteiger partial charge in [-0.2, -0.15) is 15.5 Å². The van der Waals surface area contributed by atoms with E-state index in [4.69, 9.17) is 10.5 Å². The molecule has 148 valence electrons. The monoisotopic (exact) mass is 394 g/mol. The molecule has 1 heterocycles. The highest BCUT2D eigenvalue weighted by atomic mass is 15.1. The van der Waals surface area contributed by atoms with Gasteiger partial charge in [-0.1, -0.05) is 17.7 Å². The summed E-state index contributed by atoms with van der Waals surface area (Å²) in [5.74, 6) is 1.15. The van der Waals surface area contributed by atoms with Crippen LogP contribution in [0.2, 0.25) is 0 Å². The topological polar surface area (TPSA) is 97.4 Å². The van der Waals surface area contributed by atoms with Crippen LogP contribution in [0.15, 0.2) is 60.3 Å². The summed E-state index contributed by atoms with van der Waals surface area (Å²) in [4.78, 5) is 8.81. The number of hydrogen-bond acceptors (Lipinski definition) is 6. The van der Waals surface area contributed by atoms with Crippen molar-refractivity contribution < 1.29 is 0 Å². The number of nitrogens with zero attached hydrogens (tertiary/aromatic N) is 4. The van der Waals surface area contributed by atoms with E-state index in [2.05, 4.69) is 58.7 Å². The molecule has 1 aromatic heterocycles. The molecule has 30 heavy (non-hydrogen) atoms. The number of hydrogen-bond donors (Lipinski definition) is 2. The van der Waals surface area contributed by atoms with Crippen molar-refractivity contribution in [2.45, 2.75) is 27.2 Å². The Morgan fingerprint density at radius 2 is 1.73 bits per heavy atom. The Morgan fingerprint density at radius 3 is 2.37 bits per heavy atom. The first-order chi connectivity index (χ1) is 14.5. The number of nitrogens with one attached hydrogen (secondary N) is 2. The Bertz CT molecular complexity index is 1140. The Hall–Kier alpha value is -4.16. The van der Waals surface area contributed by atoms with E-state index in [-0.39, 0.29) is 0 Å². The fraction of sp³-hybridized carbons (Fsp3) is 0.167. The van der Waals surface area contributed by atoms with Crippen molar-refractivity contribution in [3.8, 4) is 12.1 Å². The average molecular weight is 394 g/mol. The number of nitriles is 2. The molecule has 6 nitrogen and oxygen atoms in total. The molecular formula is C24H22N6. The molecule has 0 spiro atoms. The predicted octanol–water partition coefficient (Wildman–Crippen LogP) is 5.46. The van der Waals surface area contributed by atoms with Crippen molar-refractivity contribution in [2.24, 2.45) is 0 Å². The molecule has 3 aromatic rings. The van der Waals surface area contributed by atoms with E-state index in [0.29, 0.717) is 17.3 Å². The van der Waals surface area contributed by atoms with Gasteiger partial charge in [0, 0.05) is 23.6 Å². The zero-order chi connectivity index (χ0) is 21.5. The lowest BCUT2D eigenvalue weighted by Gasteiger charge is -2.15. The molecule has 0 fully saturated rings. The standard InChI is InChI=1S/C24H22N6/c1-16(8-10-25)12-20-13-17(2)23(18(3)14-20)29-22-9-11-27-24(30-22)28-21-6-4-19(15-26)5-7-21/h4-9,11,13-14H,12H2,1-3H3,(H2,27,28,29,30). The van der Waals surface area contributed by atoms with E-state index in [0.717, 1.165) is 34.5 Å². The van der Waals surface area contributed by atoms with Crippen LogP contribution in [0.3, 0.4) is 0 Å². The summed E-state index contributed by atoms with van der Waals surface area (Å²) in [5, 5.41) is 24.2. The largest absolute Gasteiger partial charge is 0.340 e. The number of anilines is 4. The van der Waals surface area contributed by atoms with Gasteiger partial charge in [-0.3, -0.25) is 0 Å². The van der Waals surface area contributed by atoms with Crippen molar-refractivity contribution in [2.75, 3.05) is 10.6 Å². The highest BCUT2D eigenvalue weighted by molar-refractivity contribution is 5.66. The first kappa shape index (κ1) is 20.6. The summed E-state index contributed by atoms with van der Waals surface area (Å²) in [6.07, 6.45) is 4.03. The van der Waals surface area contributed by atoms with Gasteiger partial charge in [0.15, 0.2) is 0 Å². The average Bonchev–Trinajstić information content (AvgIpc) is 2.72. The van der Waals surface area contributed by atoms with Gasteiger partial charge >= 0.3 is 0 Å². The summed E-state index contributed by atoms with van der Waals surface area (Å²) < 4.78 is 0. The van der Waals surface area contributed by atoms with Crippen LogP contribution in [0, 0.1) is 36.5 Å². The van der Waals surface area contributed by atoms with Gasteiger partial charge in [0.1, 0.15) is 5.82 Å². The molecule has 0 atom stereocenters. The van der Waals surface area contributed by atoms with Crippen molar-refractivity contribution in [3.05, 3.63) is 82.6 Å². The van der Waals surface area contributed by atoms with Crippen molar-refractivity contribution in [1.82, 2.24) is 9.97 Å². The second-order valence-electron chi connectivity index (χ2n) is 7.11. The van der Waals surface area contributed by atoms with Gasteiger partial charge in [0.25, 0.3) is 0 Å². The van der Waals surface area contributed by atoms with Gasteiger partial charge in [-0.15, -0.1) is 0 Å². The summed E-state index contributed by atoms with van der Waals surface area (Å²) >= 11 is 0. The van der Waals surface area contributed by atoms with E-state index in [1.54, 1.807) is 24.4 Å². The Labute approximate surface area is 176 Å². The maximum Gasteiger partial charge on any atom is 0.229 e. The minimum Gasteiger partial charge on any atom is -0.340 e. The van der Waals surface area contributed by atoms with Gasteiger partial charge in [0.05, 0.1) is 17.7 Å². The Balaban J connectivity index is 1.78. The highest BCUT2D eigenvalue weighted by Crippen LogP contribution is 2.27. The van der Waals surface area contributed by atoms with Crippen LogP contribution >= 0.6 is 0 Å². The molecule has 0 saturated carbocycles. The fourth-order valence-electron chi connectivity index (χ4n) is 3.21. The van der Waals surface area contributed by atoms with Crippen LogP contribution in [0.25, 0.3) is 0 Å². The minimum atomic E-state index is 0.467. The first-order valence-electron chi connectivity index (χ1n) is 9.51. The molecule has 0 unspecified atom stereocenters. The molecule has 6 heteroatoms. The maximum atomic E-state index is 8.90. The van der Waals surface area contributed by atoms with Gasteiger partial charge in [-0.05, 0) is 74.2 Å². The minimum absolute atomic E-state index is 0.467. The van der Waals surface area contributed by atoms with E-state index >= 15 is 0 Å². The van der Waals surface area contributed by atoms with Crippen LogP contribution < -0.4 is 10.6 Å². The van der Waals surface area contributed by atoms with Gasteiger partial charge < -0.3 is 10.6 Å². The van der Waals surface area contributed by atoms with E-state index in [1.165, 1.54) is 5.56 Å². The molecule has 0 aliphatic heterocycles. The number of allylic oxidation sites excluding steroid dienone is 2. The van der Waals surface area contributed by atoms with E-state index in [1.807, 2.05) is 25.1 Å². The number of aromatic nitrogens is 2. The Morgan fingerprint density at radius 1 is 1.03 bits per heavy atom. The number of aryl methyl sites for hydroxylation is 2. The smallest absolute Gasteiger partial charge is 0.229 e. The summed E-state index contributed by atoms with van der Waals surface area (Å²) in [5.41, 5.74) is 6.83. The van der Waals surface area contributed by atoms with Crippen LogP contribution in [-0.2, 0) is 6.42 Å². The molecule has 0 bridgehead atoms. The summed E-state index contributed by atoms with van der Waals surface area (Å²) in [7, 11) is 0. The third-order valence-electron chi connectivity index (χ3n) is 4.57. The Kier molecular flexibility index (Phi) is 6.42. The van der Waals surface area contributed by atoms with Crippen LogP contribution in [0.5, 0.6) is 0 Å². The van der Waals surface area contributed by atoms with Crippen LogP contribution in [-0.4, -0.2) is 9.97 Å². The third kappa shape index (κ3) is 5.21. The van der Waals surface area contributed by atoms with Gasteiger partial charge in [0.2, 0.25) is 5.95 Å². The molecule has 0 saturated heterocycles. The number of benzene rings is 2. The molecule has 0 radical (unpaired) electrons. The summed E-state index contributed by atoms with van der Waals surface area (Å²) in [6.45, 7) is 6.07. The summed E-state index contributed by atoms with van der Waals surface area (Å²) in [6, 6.07) is 17.4. The maximum absolute atomic E-state index is 8.90. The molecule has 2 N–H and O–H groups in total. The van der Waals surface area contributed by atoms with Crippen LogP contribution in [0.4, 0.5) is 23.1 Å². The molecule has 2 aromatic carbocycles. The lowest BCUT2D eigenvalue weighted by atomic mass is 9.99. The second-order valence-corrected chi connectivity index (χ2v) is 7.11. The third-order valence-corrected chi connectivity index (χ3v) is 4.57. The number of rotatable bonds is 6. The lowest BCUT2D eigenvalue weighted by molar-refractivity contribution is 1.12. The van der Waals surface area contributed by atoms with E-state index < -0.39 is 0 Å². The van der Waals surface area contributed by atoms with Crippen LogP contribution in [0.1, 0.15) is 29.2 Å². The molecular weight excluding hydrogens is 372 g/mol. The first-order valence-corrected chi connectivity index (χ1v) is 9.51. The predicted molar refractivity (Wildman–Crippen MR) is 119 cm³/mol. The van der Waals surface area contributed by atoms with Crippen molar-refractivity contribution in [3.63, 3.8) is 0 Å². The van der Waals surface area contributed by atoms with Crippen molar-refractivity contribution >= 4 is 23.1 Å². The molecule has 0 amide bonds. The molecule has 0 aliphatic rings. The quantitative estimate of drug-likeness (QED) is 0.538. The molecule has 3 rings (SSSR count). The lowest BCUT2D eigenvalue weighted by Crippen LogP contribution is -2.03. The highest BCUT2D eigenvalue weighted by Gasteiger charge is 2.08. The van der Waals surface area contributed by atoms with Crippen molar-refractivity contribution in [1.29, 1.82) is 10.5 Å². The van der Waals surface area contributed by atoms with E-state index in [9.17, 15) is 0 Å². The SMILES string of the molecule is CC(=CC#N)Cc1cc(C)c(Nc2ccnc(Nc3ccc(C#N)cc3)n2)c(C)c1. The zero-order valence-corrected chi connectivity index (χ0v) is 17.2.